The molecule has 1 saturated heterocycles. The summed E-state index contributed by atoms with van der Waals surface area (Å²) in [6.07, 6.45) is 11.0. The summed E-state index contributed by atoms with van der Waals surface area (Å²) in [4.78, 5) is 34.8. The number of carbonyl (C=O) groups is 1. The zero-order valence-corrected chi connectivity index (χ0v) is 18.3. The van der Waals surface area contributed by atoms with Crippen LogP contribution in [0.5, 0.6) is 0 Å². The standard InChI is InChI=1S/C23H28FN7O/c1-14-20(17-11-25-13-27-21(17)28-14)22-26-12-18(24)19(30-22)10-15-5-4-6-16(9-15)29-23(32)31-7-2-3-8-31/h11-13,15-16H,2-10H2,1H3,(H,29,32)(H,25,27,28)/t15-,16+/m1/s1. The molecular formula is C23H28FN7O. The van der Waals surface area contributed by atoms with E-state index in [1.165, 1.54) is 12.5 Å². The predicted octanol–water partition coefficient (Wildman–Crippen LogP) is 3.77. The largest absolute Gasteiger partial charge is 0.343 e. The minimum absolute atomic E-state index is 0.0423. The lowest BCUT2D eigenvalue weighted by atomic mass is 9.83. The third-order valence-corrected chi connectivity index (χ3v) is 6.69. The van der Waals surface area contributed by atoms with Gasteiger partial charge in [-0.3, -0.25) is 0 Å². The van der Waals surface area contributed by atoms with Crippen molar-refractivity contribution in [3.8, 4) is 11.4 Å². The second-order valence-electron chi connectivity index (χ2n) is 8.98. The van der Waals surface area contributed by atoms with Gasteiger partial charge in [0.05, 0.1) is 17.5 Å². The molecule has 0 radical (unpaired) electrons. The van der Waals surface area contributed by atoms with Gasteiger partial charge in [-0.15, -0.1) is 0 Å². The fourth-order valence-electron chi connectivity index (χ4n) is 5.08. The summed E-state index contributed by atoms with van der Waals surface area (Å²) in [5.41, 5.74) is 2.82. The third-order valence-electron chi connectivity index (χ3n) is 6.69. The van der Waals surface area contributed by atoms with Crippen molar-refractivity contribution < 1.29 is 9.18 Å². The average Bonchev–Trinajstić information content (AvgIpc) is 3.43. The first-order valence-electron chi connectivity index (χ1n) is 11.4. The van der Waals surface area contributed by atoms with Crippen LogP contribution in [0.3, 0.4) is 0 Å². The molecule has 2 aliphatic rings. The van der Waals surface area contributed by atoms with Crippen LogP contribution in [0.4, 0.5) is 9.18 Å². The van der Waals surface area contributed by atoms with Gasteiger partial charge in [-0.1, -0.05) is 6.42 Å². The lowest BCUT2D eigenvalue weighted by Crippen LogP contribution is -2.45. The Kier molecular flexibility index (Phi) is 5.71. The van der Waals surface area contributed by atoms with E-state index in [0.717, 1.165) is 68.3 Å². The molecule has 2 N–H and O–H groups in total. The number of urea groups is 1. The van der Waals surface area contributed by atoms with Crippen LogP contribution in [0.2, 0.25) is 0 Å². The van der Waals surface area contributed by atoms with E-state index in [1.54, 1.807) is 6.20 Å². The summed E-state index contributed by atoms with van der Waals surface area (Å²) >= 11 is 0. The summed E-state index contributed by atoms with van der Waals surface area (Å²) in [6.45, 7) is 3.61. The molecule has 0 bridgehead atoms. The number of rotatable bonds is 4. The summed E-state index contributed by atoms with van der Waals surface area (Å²) < 4.78 is 14.7. The number of amides is 2. The molecule has 0 unspecified atom stereocenters. The number of aromatic nitrogens is 5. The molecule has 2 fully saturated rings. The van der Waals surface area contributed by atoms with Gasteiger partial charge in [0.1, 0.15) is 12.0 Å². The molecule has 5 rings (SSSR count). The first kappa shape index (κ1) is 20.8. The third kappa shape index (κ3) is 4.16. The number of hydrogen-bond donors (Lipinski definition) is 2. The van der Waals surface area contributed by atoms with Gasteiger partial charge in [0.25, 0.3) is 0 Å². The van der Waals surface area contributed by atoms with Crippen molar-refractivity contribution in [3.63, 3.8) is 0 Å². The van der Waals surface area contributed by atoms with Gasteiger partial charge >= 0.3 is 6.03 Å². The van der Waals surface area contributed by atoms with Crippen molar-refractivity contribution in [2.24, 2.45) is 5.92 Å². The number of halogens is 1. The van der Waals surface area contributed by atoms with Crippen LogP contribution in [0.15, 0.2) is 18.7 Å². The number of aromatic amines is 1. The summed E-state index contributed by atoms with van der Waals surface area (Å²) in [5.74, 6) is 0.373. The van der Waals surface area contributed by atoms with E-state index in [2.05, 4.69) is 30.2 Å². The lowest BCUT2D eigenvalue weighted by molar-refractivity contribution is 0.195. The minimum Gasteiger partial charge on any atom is -0.343 e. The van der Waals surface area contributed by atoms with Crippen molar-refractivity contribution >= 4 is 17.1 Å². The summed E-state index contributed by atoms with van der Waals surface area (Å²) in [5, 5.41) is 4.02. The normalized spacial score (nSPS) is 21.2. The quantitative estimate of drug-likeness (QED) is 0.647. The molecule has 9 heteroatoms. The molecule has 2 atom stereocenters. The van der Waals surface area contributed by atoms with E-state index in [1.807, 2.05) is 11.8 Å². The molecule has 1 saturated carbocycles. The molecule has 4 heterocycles. The molecule has 3 aromatic heterocycles. The summed E-state index contributed by atoms with van der Waals surface area (Å²) in [7, 11) is 0. The maximum atomic E-state index is 14.7. The Morgan fingerprint density at radius 3 is 2.91 bits per heavy atom. The van der Waals surface area contributed by atoms with Gasteiger partial charge in [0, 0.05) is 36.4 Å². The van der Waals surface area contributed by atoms with Crippen LogP contribution in [-0.2, 0) is 6.42 Å². The van der Waals surface area contributed by atoms with Crippen LogP contribution >= 0.6 is 0 Å². The van der Waals surface area contributed by atoms with Gasteiger partial charge in [0.15, 0.2) is 11.6 Å². The van der Waals surface area contributed by atoms with Crippen LogP contribution in [-0.4, -0.2) is 55.0 Å². The average molecular weight is 438 g/mol. The highest BCUT2D eigenvalue weighted by atomic mass is 19.1. The number of carbonyl (C=O) groups excluding carboxylic acids is 1. The molecular weight excluding hydrogens is 409 g/mol. The number of fused-ring (bicyclic) bond motifs is 1. The smallest absolute Gasteiger partial charge is 0.317 e. The van der Waals surface area contributed by atoms with Crippen molar-refractivity contribution in [1.29, 1.82) is 0 Å². The molecule has 1 aliphatic heterocycles. The molecule has 0 spiro atoms. The van der Waals surface area contributed by atoms with Crippen molar-refractivity contribution in [1.82, 2.24) is 35.1 Å². The Labute approximate surface area is 186 Å². The van der Waals surface area contributed by atoms with Gasteiger partial charge < -0.3 is 15.2 Å². The molecule has 0 aromatic carbocycles. The maximum Gasteiger partial charge on any atom is 0.317 e. The van der Waals surface area contributed by atoms with Gasteiger partial charge in [-0.25, -0.2) is 29.1 Å². The number of hydrogen-bond acceptors (Lipinski definition) is 5. The Morgan fingerprint density at radius 1 is 1.22 bits per heavy atom. The Morgan fingerprint density at radius 2 is 2.06 bits per heavy atom. The van der Waals surface area contributed by atoms with Crippen LogP contribution in [0, 0.1) is 18.7 Å². The molecule has 32 heavy (non-hydrogen) atoms. The zero-order chi connectivity index (χ0) is 22.1. The van der Waals surface area contributed by atoms with Crippen molar-refractivity contribution in [3.05, 3.63) is 35.9 Å². The maximum absolute atomic E-state index is 14.7. The van der Waals surface area contributed by atoms with E-state index in [9.17, 15) is 9.18 Å². The highest BCUT2D eigenvalue weighted by Gasteiger charge is 2.27. The van der Waals surface area contributed by atoms with E-state index < -0.39 is 0 Å². The van der Waals surface area contributed by atoms with Crippen molar-refractivity contribution in [2.75, 3.05) is 13.1 Å². The predicted molar refractivity (Wildman–Crippen MR) is 118 cm³/mol. The number of H-pyrrole nitrogens is 1. The number of likely N-dealkylation sites (tertiary alicyclic amines) is 1. The molecule has 168 valence electrons. The second kappa shape index (κ2) is 8.80. The van der Waals surface area contributed by atoms with Gasteiger partial charge in [-0.05, 0) is 51.4 Å². The number of nitrogens with one attached hydrogen (secondary N) is 2. The Hall–Kier alpha value is -3.10. The first-order chi connectivity index (χ1) is 15.6. The van der Waals surface area contributed by atoms with Crippen LogP contribution in [0.25, 0.3) is 22.4 Å². The lowest BCUT2D eigenvalue weighted by Gasteiger charge is -2.31. The van der Waals surface area contributed by atoms with Gasteiger partial charge in [-0.2, -0.15) is 0 Å². The molecule has 1 aliphatic carbocycles. The minimum atomic E-state index is -0.384. The van der Waals surface area contributed by atoms with Gasteiger partial charge in [0.2, 0.25) is 0 Å². The Balaban J connectivity index is 1.32. The molecule has 2 amide bonds. The fraction of sp³-hybridized carbons (Fsp3) is 0.522. The van der Waals surface area contributed by atoms with E-state index in [0.29, 0.717) is 23.6 Å². The fourth-order valence-corrected chi connectivity index (χ4v) is 5.08. The molecule has 3 aromatic rings. The van der Waals surface area contributed by atoms with E-state index >= 15 is 0 Å². The first-order valence-corrected chi connectivity index (χ1v) is 11.4. The zero-order valence-electron chi connectivity index (χ0n) is 18.3. The Bertz CT molecular complexity index is 1120. The SMILES string of the molecule is Cc1[nH]c2ncncc2c1-c1ncc(F)c(C[C@@H]2CCC[C@H](NC(=O)N3CCCC3)C2)n1. The monoisotopic (exact) mass is 437 g/mol. The second-order valence-corrected chi connectivity index (χ2v) is 8.98. The number of aryl methyl sites for hydroxylation is 1. The summed E-state index contributed by atoms with van der Waals surface area (Å²) in [6, 6.07) is 0.180. The van der Waals surface area contributed by atoms with E-state index in [4.69, 9.17) is 0 Å². The highest BCUT2D eigenvalue weighted by Crippen LogP contribution is 2.31. The molecule has 8 nitrogen and oxygen atoms in total. The highest BCUT2D eigenvalue weighted by molar-refractivity contribution is 5.92. The van der Waals surface area contributed by atoms with Crippen LogP contribution in [0.1, 0.15) is 49.9 Å². The topological polar surface area (TPSA) is 99.7 Å². The van der Waals surface area contributed by atoms with Crippen molar-refractivity contribution in [2.45, 2.75) is 57.9 Å². The van der Waals surface area contributed by atoms with Crippen LogP contribution < -0.4 is 5.32 Å². The number of nitrogens with zero attached hydrogens (tertiary/aromatic N) is 5. The van der Waals surface area contributed by atoms with E-state index in [-0.39, 0.29) is 23.8 Å².